The Morgan fingerprint density at radius 1 is 0.289 bits per heavy atom. The molecule has 5 rings (SSSR count). The molecule has 5 aromatic carbocycles. The zero-order valence-corrected chi connectivity index (χ0v) is 20.5. The molecule has 0 aliphatic heterocycles. The van der Waals surface area contributed by atoms with Crippen molar-refractivity contribution in [3.8, 4) is 0 Å². The monoisotopic (exact) mass is 492 g/mol. The summed E-state index contributed by atoms with van der Waals surface area (Å²) in [6.45, 7) is 0. The van der Waals surface area contributed by atoms with Gasteiger partial charge in [-0.15, -0.1) is 0 Å². The molecule has 0 heterocycles. The lowest BCUT2D eigenvalue weighted by Crippen LogP contribution is -1.84. The number of nitrogens with zero attached hydrogens (tertiary/aromatic N) is 6. The van der Waals surface area contributed by atoms with E-state index in [1.54, 1.807) is 0 Å². The second kappa shape index (κ2) is 12.6. The Balaban J connectivity index is 1.14. The van der Waals surface area contributed by atoms with Crippen LogP contribution in [0.25, 0.3) is 0 Å². The molecule has 0 bridgehead atoms. The molecule has 0 spiro atoms. The minimum atomic E-state index is 0.780. The first-order chi connectivity index (χ1) is 18.8. The standard InChI is InChI=1S/C32H24N6/c1-3-7-29(8-4-1)35-37-31-19-15-27(16-20-31)33-23-25-11-13-26(14-12-25)24-34-28-17-21-32(22-18-28)38-36-30-9-5-2-6-10-30/h1-24H. The fraction of sp³-hybridized carbons (Fsp3) is 0. The molecule has 5 aromatic rings. The molecule has 0 saturated heterocycles. The summed E-state index contributed by atoms with van der Waals surface area (Å²) in [4.78, 5) is 9.11. The third kappa shape index (κ3) is 7.32. The van der Waals surface area contributed by atoms with E-state index in [9.17, 15) is 0 Å². The highest BCUT2D eigenvalue weighted by Gasteiger charge is 1.95. The normalized spacial score (nSPS) is 11.8. The summed E-state index contributed by atoms with van der Waals surface area (Å²) in [5, 5.41) is 17.0. The number of benzene rings is 5. The topological polar surface area (TPSA) is 74.2 Å². The molecule has 182 valence electrons. The SMILES string of the molecule is C(=Nc1ccc(N=Nc2ccccc2)cc1)c1ccc(C=Nc2ccc(N=Nc3ccccc3)cc2)cc1. The van der Waals surface area contributed by atoms with E-state index < -0.39 is 0 Å². The molecule has 6 nitrogen and oxygen atoms in total. The maximum absolute atomic E-state index is 4.55. The van der Waals surface area contributed by atoms with Gasteiger partial charge in [0, 0.05) is 12.4 Å². The van der Waals surface area contributed by atoms with Crippen LogP contribution in [0.1, 0.15) is 11.1 Å². The zero-order chi connectivity index (χ0) is 25.8. The van der Waals surface area contributed by atoms with Gasteiger partial charge in [0.15, 0.2) is 0 Å². The van der Waals surface area contributed by atoms with Crippen molar-refractivity contribution >= 4 is 46.6 Å². The molecule has 0 aromatic heterocycles. The lowest BCUT2D eigenvalue weighted by atomic mass is 10.1. The first-order valence-electron chi connectivity index (χ1n) is 12.1. The number of azo groups is 2. The lowest BCUT2D eigenvalue weighted by molar-refractivity contribution is 1.23. The van der Waals surface area contributed by atoms with Gasteiger partial charge in [-0.1, -0.05) is 60.7 Å². The fourth-order valence-electron chi connectivity index (χ4n) is 3.40. The average molecular weight is 493 g/mol. The third-order valence-electron chi connectivity index (χ3n) is 5.44. The molecule has 0 aliphatic carbocycles. The van der Waals surface area contributed by atoms with Crippen molar-refractivity contribution in [1.82, 2.24) is 0 Å². The van der Waals surface area contributed by atoms with Crippen molar-refractivity contribution in [2.24, 2.45) is 30.4 Å². The Kier molecular flexibility index (Phi) is 8.04. The molecule has 0 saturated carbocycles. The van der Waals surface area contributed by atoms with E-state index in [1.807, 2.05) is 146 Å². The van der Waals surface area contributed by atoms with Crippen molar-refractivity contribution in [2.45, 2.75) is 0 Å². The number of hydrogen-bond acceptors (Lipinski definition) is 6. The molecule has 0 amide bonds. The van der Waals surface area contributed by atoms with Gasteiger partial charge in [0.2, 0.25) is 0 Å². The van der Waals surface area contributed by atoms with Crippen LogP contribution in [0.2, 0.25) is 0 Å². The Labute approximate surface area is 221 Å². The number of hydrogen-bond donors (Lipinski definition) is 0. The molecular weight excluding hydrogens is 468 g/mol. The van der Waals surface area contributed by atoms with Gasteiger partial charge in [0.05, 0.1) is 34.1 Å². The van der Waals surface area contributed by atoms with Crippen LogP contribution in [0, 0.1) is 0 Å². The van der Waals surface area contributed by atoms with Crippen molar-refractivity contribution in [1.29, 1.82) is 0 Å². The quantitative estimate of drug-likeness (QED) is 0.153. The van der Waals surface area contributed by atoms with Crippen molar-refractivity contribution in [3.63, 3.8) is 0 Å². The van der Waals surface area contributed by atoms with E-state index in [4.69, 9.17) is 0 Å². The molecule has 0 aliphatic rings. The summed E-state index contributed by atoms with van der Waals surface area (Å²) in [7, 11) is 0. The van der Waals surface area contributed by atoms with Crippen LogP contribution in [-0.2, 0) is 0 Å². The zero-order valence-electron chi connectivity index (χ0n) is 20.5. The fourth-order valence-corrected chi connectivity index (χ4v) is 3.40. The van der Waals surface area contributed by atoms with Crippen molar-refractivity contribution in [3.05, 3.63) is 145 Å². The average Bonchev–Trinajstić information content (AvgIpc) is 2.99. The van der Waals surface area contributed by atoms with E-state index >= 15 is 0 Å². The van der Waals surface area contributed by atoms with Crippen molar-refractivity contribution < 1.29 is 0 Å². The minimum Gasteiger partial charge on any atom is -0.256 e. The smallest absolute Gasteiger partial charge is 0.0858 e. The van der Waals surface area contributed by atoms with Gasteiger partial charge in [-0.05, 0) is 83.9 Å². The van der Waals surface area contributed by atoms with Crippen LogP contribution in [0.4, 0.5) is 34.1 Å². The van der Waals surface area contributed by atoms with E-state index in [1.165, 1.54) is 0 Å². The Hall–Kier alpha value is -5.36. The minimum absolute atomic E-state index is 0.780. The number of rotatable bonds is 8. The summed E-state index contributed by atoms with van der Waals surface area (Å²) in [6, 6.07) is 42.7. The maximum atomic E-state index is 4.55. The van der Waals surface area contributed by atoms with Crippen LogP contribution in [0.15, 0.2) is 164 Å². The second-order valence-electron chi connectivity index (χ2n) is 8.29. The van der Waals surface area contributed by atoms with Crippen molar-refractivity contribution in [2.75, 3.05) is 0 Å². The van der Waals surface area contributed by atoms with Crippen LogP contribution >= 0.6 is 0 Å². The van der Waals surface area contributed by atoms with Gasteiger partial charge in [0.1, 0.15) is 0 Å². The van der Waals surface area contributed by atoms with Gasteiger partial charge in [-0.3, -0.25) is 9.98 Å². The summed E-state index contributed by atoms with van der Waals surface area (Å²) in [6.07, 6.45) is 3.67. The predicted octanol–water partition coefficient (Wildman–Crippen LogP) is 10.0. The molecule has 0 radical (unpaired) electrons. The molecular formula is C32H24N6. The lowest BCUT2D eigenvalue weighted by Gasteiger charge is -1.98. The van der Waals surface area contributed by atoms with Gasteiger partial charge in [-0.25, -0.2) is 0 Å². The van der Waals surface area contributed by atoms with Crippen LogP contribution < -0.4 is 0 Å². The highest BCUT2D eigenvalue weighted by Crippen LogP contribution is 2.23. The Morgan fingerprint density at radius 2 is 0.579 bits per heavy atom. The summed E-state index contributed by atoms with van der Waals surface area (Å²) in [5.41, 5.74) is 6.91. The van der Waals surface area contributed by atoms with Crippen LogP contribution in [0.5, 0.6) is 0 Å². The highest BCUT2D eigenvalue weighted by atomic mass is 15.1. The Morgan fingerprint density at radius 3 is 0.921 bits per heavy atom. The van der Waals surface area contributed by atoms with E-state index in [2.05, 4.69) is 30.4 Å². The van der Waals surface area contributed by atoms with Crippen LogP contribution in [0.3, 0.4) is 0 Å². The molecule has 38 heavy (non-hydrogen) atoms. The molecule has 0 N–H and O–H groups in total. The van der Waals surface area contributed by atoms with Gasteiger partial charge in [-0.2, -0.15) is 20.5 Å². The summed E-state index contributed by atoms with van der Waals surface area (Å²) < 4.78 is 0. The van der Waals surface area contributed by atoms with E-state index in [0.29, 0.717) is 0 Å². The third-order valence-corrected chi connectivity index (χ3v) is 5.44. The van der Waals surface area contributed by atoms with E-state index in [-0.39, 0.29) is 0 Å². The first-order valence-corrected chi connectivity index (χ1v) is 12.1. The molecule has 0 atom stereocenters. The van der Waals surface area contributed by atoms with Crippen LogP contribution in [-0.4, -0.2) is 12.4 Å². The first kappa shape index (κ1) is 24.3. The molecule has 0 fully saturated rings. The largest absolute Gasteiger partial charge is 0.256 e. The molecule has 0 unspecified atom stereocenters. The summed E-state index contributed by atoms with van der Waals surface area (Å²) >= 11 is 0. The van der Waals surface area contributed by atoms with Gasteiger partial charge >= 0.3 is 0 Å². The maximum Gasteiger partial charge on any atom is 0.0858 e. The Bertz CT molecular complexity index is 1430. The summed E-state index contributed by atoms with van der Waals surface area (Å²) in [5.74, 6) is 0. The number of aliphatic imine (C=N–C) groups is 2. The highest BCUT2D eigenvalue weighted by molar-refractivity contribution is 5.86. The molecule has 6 heteroatoms. The van der Waals surface area contributed by atoms with Gasteiger partial charge < -0.3 is 0 Å². The van der Waals surface area contributed by atoms with E-state index in [0.717, 1.165) is 45.3 Å². The van der Waals surface area contributed by atoms with Gasteiger partial charge in [0.25, 0.3) is 0 Å². The second-order valence-corrected chi connectivity index (χ2v) is 8.29. The predicted molar refractivity (Wildman–Crippen MR) is 155 cm³/mol.